The van der Waals surface area contributed by atoms with Gasteiger partial charge in [-0.3, -0.25) is 9.38 Å². The van der Waals surface area contributed by atoms with Gasteiger partial charge in [-0.25, -0.2) is 4.98 Å². The number of fused-ring (bicyclic) bond motifs is 11. The SMILES string of the molecule is O=P1(c2cccc3c2c2cnccc2c2nc4ccccc4n32)c2ccccc2-c2ccccc21. The van der Waals surface area contributed by atoms with E-state index in [-0.39, 0.29) is 0 Å². The molecule has 0 atom stereocenters. The summed E-state index contributed by atoms with van der Waals surface area (Å²) < 4.78 is 17.6. The molecule has 0 unspecified atom stereocenters. The normalized spacial score (nSPS) is 14.1. The molecule has 3 aromatic heterocycles. The van der Waals surface area contributed by atoms with Gasteiger partial charge in [-0.05, 0) is 35.4 Å². The van der Waals surface area contributed by atoms with E-state index in [4.69, 9.17) is 4.98 Å². The van der Waals surface area contributed by atoms with Crippen molar-refractivity contribution in [1.29, 1.82) is 0 Å². The quantitative estimate of drug-likeness (QED) is 0.226. The first kappa shape index (κ1) is 19.1. The van der Waals surface area contributed by atoms with Gasteiger partial charge in [0.05, 0.1) is 16.6 Å². The van der Waals surface area contributed by atoms with Crippen LogP contribution in [0.1, 0.15) is 0 Å². The summed E-state index contributed by atoms with van der Waals surface area (Å²) in [6.45, 7) is 0. The Morgan fingerprint density at radius 2 is 1.29 bits per heavy atom. The van der Waals surface area contributed by atoms with Crippen LogP contribution >= 0.6 is 7.14 Å². The second-order valence-corrected chi connectivity index (χ2v) is 11.7. The maximum absolute atomic E-state index is 15.4. The monoisotopic (exact) mass is 467 g/mol. The van der Waals surface area contributed by atoms with Gasteiger partial charge >= 0.3 is 0 Å². The zero-order valence-corrected chi connectivity index (χ0v) is 19.5. The number of hydrogen-bond donors (Lipinski definition) is 0. The lowest BCUT2D eigenvalue weighted by Gasteiger charge is -2.20. The number of para-hydroxylation sites is 2. The number of aromatic nitrogens is 3. The summed E-state index contributed by atoms with van der Waals surface area (Å²) in [5.41, 5.74) is 5.96. The molecule has 0 fully saturated rings. The number of rotatable bonds is 1. The largest absolute Gasteiger partial charge is 0.309 e. The average Bonchev–Trinajstić information content (AvgIpc) is 3.44. The van der Waals surface area contributed by atoms with Crippen LogP contribution in [0.25, 0.3) is 49.5 Å². The fraction of sp³-hybridized carbons (Fsp3) is 0. The highest BCUT2D eigenvalue weighted by atomic mass is 31.2. The Morgan fingerprint density at radius 3 is 2.09 bits per heavy atom. The summed E-state index contributed by atoms with van der Waals surface area (Å²) in [7, 11) is -3.13. The van der Waals surface area contributed by atoms with Crippen molar-refractivity contribution in [2.75, 3.05) is 0 Å². The Morgan fingerprint density at radius 1 is 0.629 bits per heavy atom. The molecule has 0 amide bonds. The van der Waals surface area contributed by atoms with Crippen LogP contribution in [-0.2, 0) is 4.57 Å². The number of hydrogen-bond acceptors (Lipinski definition) is 3. The van der Waals surface area contributed by atoms with Gasteiger partial charge in [-0.15, -0.1) is 0 Å². The van der Waals surface area contributed by atoms with Crippen molar-refractivity contribution < 1.29 is 4.57 Å². The summed E-state index contributed by atoms with van der Waals surface area (Å²) in [6, 6.07) is 32.6. The van der Waals surface area contributed by atoms with Crippen molar-refractivity contribution in [3.05, 3.63) is 109 Å². The Bertz CT molecular complexity index is 2010. The highest BCUT2D eigenvalue weighted by Crippen LogP contribution is 2.53. The Kier molecular flexibility index (Phi) is 3.63. The highest BCUT2D eigenvalue weighted by molar-refractivity contribution is 7.86. The first-order chi connectivity index (χ1) is 17.3. The van der Waals surface area contributed by atoms with Crippen LogP contribution in [0.4, 0.5) is 0 Å². The predicted octanol–water partition coefficient (Wildman–Crippen LogP) is 5.81. The van der Waals surface area contributed by atoms with Gasteiger partial charge in [0.1, 0.15) is 5.65 Å². The molecule has 0 N–H and O–H groups in total. The topological polar surface area (TPSA) is 47.3 Å². The minimum atomic E-state index is -3.13. The molecule has 35 heavy (non-hydrogen) atoms. The van der Waals surface area contributed by atoms with Gasteiger partial charge in [-0.2, -0.15) is 0 Å². The van der Waals surface area contributed by atoms with Gasteiger partial charge in [0.15, 0.2) is 7.14 Å². The molecular formula is C30H18N3OP. The Balaban J connectivity index is 1.64. The molecule has 0 spiro atoms. The number of nitrogens with zero attached hydrogens (tertiary/aromatic N) is 3. The summed E-state index contributed by atoms with van der Waals surface area (Å²) in [5, 5.41) is 5.61. The fourth-order valence-corrected chi connectivity index (χ4v) is 9.12. The van der Waals surface area contributed by atoms with Crippen molar-refractivity contribution in [3.8, 4) is 11.1 Å². The maximum Gasteiger partial charge on any atom is 0.172 e. The number of benzene rings is 4. The van der Waals surface area contributed by atoms with Gasteiger partial charge < -0.3 is 4.57 Å². The minimum absolute atomic E-state index is 0.852. The van der Waals surface area contributed by atoms with Crippen LogP contribution in [0.3, 0.4) is 0 Å². The van der Waals surface area contributed by atoms with E-state index in [1.807, 2.05) is 79.0 Å². The first-order valence-corrected chi connectivity index (χ1v) is 13.3. The van der Waals surface area contributed by atoms with Crippen LogP contribution in [0.5, 0.6) is 0 Å². The maximum atomic E-state index is 15.4. The zero-order valence-electron chi connectivity index (χ0n) is 18.6. The van der Waals surface area contributed by atoms with Gasteiger partial charge in [0.25, 0.3) is 0 Å². The van der Waals surface area contributed by atoms with Gasteiger partial charge in [-0.1, -0.05) is 72.8 Å². The summed E-state index contributed by atoms with van der Waals surface area (Å²) in [4.78, 5) is 9.45. The molecule has 0 aliphatic carbocycles. The van der Waals surface area contributed by atoms with E-state index in [9.17, 15) is 0 Å². The predicted molar refractivity (Wildman–Crippen MR) is 144 cm³/mol. The lowest BCUT2D eigenvalue weighted by molar-refractivity contribution is 0.593. The lowest BCUT2D eigenvalue weighted by atomic mass is 10.1. The van der Waals surface area contributed by atoms with E-state index in [1.54, 1.807) is 6.20 Å². The highest BCUT2D eigenvalue weighted by Gasteiger charge is 2.41. The van der Waals surface area contributed by atoms with E-state index in [2.05, 4.69) is 33.7 Å². The van der Waals surface area contributed by atoms with Crippen LogP contribution in [0.2, 0.25) is 0 Å². The lowest BCUT2D eigenvalue weighted by Crippen LogP contribution is -2.22. The van der Waals surface area contributed by atoms with Crippen molar-refractivity contribution in [3.63, 3.8) is 0 Å². The van der Waals surface area contributed by atoms with Crippen LogP contribution in [-0.4, -0.2) is 14.4 Å². The van der Waals surface area contributed by atoms with Crippen molar-refractivity contribution >= 4 is 61.4 Å². The zero-order chi connectivity index (χ0) is 23.1. The Labute approximate surface area is 200 Å². The van der Waals surface area contributed by atoms with Crippen LogP contribution < -0.4 is 15.9 Å². The summed E-state index contributed by atoms with van der Waals surface area (Å²) in [5.74, 6) is 0. The molecule has 0 saturated heterocycles. The molecule has 4 nitrogen and oxygen atoms in total. The van der Waals surface area contributed by atoms with Crippen molar-refractivity contribution in [2.24, 2.45) is 0 Å². The van der Waals surface area contributed by atoms with Crippen LogP contribution in [0, 0.1) is 0 Å². The average molecular weight is 467 g/mol. The molecule has 1 aliphatic heterocycles. The standard InChI is InChI=1S/C30H18N3OP/c34-35(26-13-5-1-8-19(26)20-9-2-6-14-27(20)35)28-15-7-12-25-29(28)22-18-31-17-16-21(22)30-32-23-10-3-4-11-24(23)33(25)30/h1-18H. The molecular weight excluding hydrogens is 449 g/mol. The molecule has 0 bridgehead atoms. The second-order valence-electron chi connectivity index (χ2n) is 9.00. The number of pyridine rings is 2. The van der Waals surface area contributed by atoms with Crippen molar-refractivity contribution in [2.45, 2.75) is 0 Å². The summed E-state index contributed by atoms with van der Waals surface area (Å²) in [6.07, 6.45) is 3.69. The molecule has 4 aromatic carbocycles. The fourth-order valence-electron chi connectivity index (χ4n) is 5.83. The molecule has 5 heteroatoms. The summed E-state index contributed by atoms with van der Waals surface area (Å²) >= 11 is 0. The first-order valence-electron chi connectivity index (χ1n) is 11.6. The third-order valence-corrected chi connectivity index (χ3v) is 10.5. The van der Waals surface area contributed by atoms with E-state index in [1.165, 1.54) is 0 Å². The molecule has 0 radical (unpaired) electrons. The molecule has 164 valence electrons. The second kappa shape index (κ2) is 6.65. The van der Waals surface area contributed by atoms with E-state index >= 15 is 4.57 Å². The van der Waals surface area contributed by atoms with E-state index < -0.39 is 7.14 Å². The number of imidazole rings is 1. The van der Waals surface area contributed by atoms with Crippen LogP contribution in [0.15, 0.2) is 109 Å². The molecule has 0 saturated carbocycles. The molecule has 1 aliphatic rings. The minimum Gasteiger partial charge on any atom is -0.309 e. The van der Waals surface area contributed by atoms with Gasteiger partial charge in [0.2, 0.25) is 0 Å². The Hall–Kier alpha value is -4.27. The third-order valence-electron chi connectivity index (χ3n) is 7.27. The molecule has 8 rings (SSSR count). The van der Waals surface area contributed by atoms with Crippen molar-refractivity contribution in [1.82, 2.24) is 14.4 Å². The third kappa shape index (κ3) is 2.30. The van der Waals surface area contributed by atoms with Gasteiger partial charge in [0, 0.05) is 44.5 Å². The van der Waals surface area contributed by atoms with E-state index in [0.717, 1.165) is 65.4 Å². The molecule has 7 aromatic rings. The molecule has 4 heterocycles. The smallest absolute Gasteiger partial charge is 0.172 e. The van der Waals surface area contributed by atoms with E-state index in [0.29, 0.717) is 0 Å².